The fourth-order valence-corrected chi connectivity index (χ4v) is 1.49. The van der Waals surface area contributed by atoms with Crippen molar-refractivity contribution in [1.82, 2.24) is 4.90 Å². The van der Waals surface area contributed by atoms with E-state index in [9.17, 15) is 0 Å². The second-order valence-electron chi connectivity index (χ2n) is 3.56. The first-order chi connectivity index (χ1) is 6.75. The van der Waals surface area contributed by atoms with Gasteiger partial charge in [0.15, 0.2) is 0 Å². The number of likely N-dealkylation sites (N-methyl/N-ethyl adjacent to an activating group) is 1. The summed E-state index contributed by atoms with van der Waals surface area (Å²) in [5.74, 6) is 0. The lowest BCUT2D eigenvalue weighted by Gasteiger charge is -2.28. The van der Waals surface area contributed by atoms with Crippen LogP contribution in [0.1, 0.15) is 0 Å². The number of hydrogen-bond donors (Lipinski definition) is 0. The lowest BCUT2D eigenvalue weighted by Crippen LogP contribution is -2.32. The van der Waals surface area contributed by atoms with Crippen molar-refractivity contribution in [1.29, 1.82) is 0 Å². The summed E-state index contributed by atoms with van der Waals surface area (Å²) in [6.45, 7) is 2.08. The summed E-state index contributed by atoms with van der Waals surface area (Å²) in [5.41, 5.74) is 2.01. The van der Waals surface area contributed by atoms with E-state index in [1.54, 1.807) is 0 Å². The molecule has 0 fully saturated rings. The van der Waals surface area contributed by atoms with Crippen LogP contribution in [0.15, 0.2) is 36.7 Å². The molecular formula is C11H13BN2. The highest BCUT2D eigenvalue weighted by Crippen LogP contribution is 2.14. The van der Waals surface area contributed by atoms with Gasteiger partial charge in [0, 0.05) is 38.2 Å². The minimum absolute atomic E-state index is 0.812. The van der Waals surface area contributed by atoms with Crippen molar-refractivity contribution in [2.75, 3.05) is 25.0 Å². The normalized spacial score (nSPS) is 16.1. The maximum Gasteiger partial charge on any atom is 0.113 e. The van der Waals surface area contributed by atoms with Crippen molar-refractivity contribution in [3.05, 3.63) is 36.7 Å². The van der Waals surface area contributed by atoms with Crippen molar-refractivity contribution < 1.29 is 0 Å². The third-order valence-electron chi connectivity index (χ3n) is 2.42. The molecule has 0 aliphatic carbocycles. The van der Waals surface area contributed by atoms with Crippen LogP contribution in [0.4, 0.5) is 5.69 Å². The van der Waals surface area contributed by atoms with E-state index in [4.69, 9.17) is 7.85 Å². The quantitative estimate of drug-likeness (QED) is 0.593. The Hall–Kier alpha value is -1.38. The molecular weight excluding hydrogens is 171 g/mol. The molecule has 2 radical (unpaired) electrons. The Kier molecular flexibility index (Phi) is 2.48. The fourth-order valence-electron chi connectivity index (χ4n) is 1.49. The third kappa shape index (κ3) is 1.92. The lowest BCUT2D eigenvalue weighted by atomic mass is 9.96. The summed E-state index contributed by atoms with van der Waals surface area (Å²) in [4.78, 5) is 4.40. The van der Waals surface area contributed by atoms with Crippen LogP contribution in [0.25, 0.3) is 0 Å². The van der Waals surface area contributed by atoms with Gasteiger partial charge in [-0.1, -0.05) is 17.6 Å². The van der Waals surface area contributed by atoms with Gasteiger partial charge in [-0.05, 0) is 12.1 Å². The zero-order valence-corrected chi connectivity index (χ0v) is 8.35. The summed E-state index contributed by atoms with van der Waals surface area (Å²) >= 11 is 0. The van der Waals surface area contributed by atoms with E-state index in [2.05, 4.69) is 29.2 Å². The molecule has 0 amide bonds. The maximum absolute atomic E-state index is 5.63. The van der Waals surface area contributed by atoms with E-state index in [-0.39, 0.29) is 0 Å². The number of hydrogen-bond acceptors (Lipinski definition) is 2. The number of rotatable bonds is 1. The van der Waals surface area contributed by atoms with Gasteiger partial charge in [-0.25, -0.2) is 0 Å². The minimum atomic E-state index is 0.812. The van der Waals surface area contributed by atoms with Crippen LogP contribution in [-0.2, 0) is 0 Å². The van der Waals surface area contributed by atoms with Gasteiger partial charge in [0.25, 0.3) is 0 Å². The fraction of sp³-hybridized carbons (Fsp3) is 0.273. The lowest BCUT2D eigenvalue weighted by molar-refractivity contribution is 0.446. The van der Waals surface area contributed by atoms with Gasteiger partial charge in [-0.2, -0.15) is 0 Å². The molecule has 1 heterocycles. The largest absolute Gasteiger partial charge is 0.377 e. The van der Waals surface area contributed by atoms with Crippen molar-refractivity contribution >= 4 is 19.0 Å². The van der Waals surface area contributed by atoms with E-state index in [0.29, 0.717) is 0 Å². The standard InChI is InChI=1S/C11H13BN2/c1-13-6-8-14(9-7-13)11-4-2-10(12)3-5-11/h2-6,8H,7,9H2,1H3. The molecule has 0 saturated carbocycles. The minimum Gasteiger partial charge on any atom is -0.377 e. The predicted octanol–water partition coefficient (Wildman–Crippen LogP) is 0.703. The van der Waals surface area contributed by atoms with E-state index in [1.807, 2.05) is 24.3 Å². The van der Waals surface area contributed by atoms with Crippen molar-refractivity contribution in [2.45, 2.75) is 0 Å². The first-order valence-corrected chi connectivity index (χ1v) is 4.76. The highest BCUT2D eigenvalue weighted by atomic mass is 15.2. The second-order valence-corrected chi connectivity index (χ2v) is 3.56. The first-order valence-electron chi connectivity index (χ1n) is 4.76. The highest BCUT2D eigenvalue weighted by molar-refractivity contribution is 6.32. The van der Waals surface area contributed by atoms with E-state index >= 15 is 0 Å². The van der Waals surface area contributed by atoms with Crippen molar-refractivity contribution in [2.24, 2.45) is 0 Å². The molecule has 3 heteroatoms. The zero-order valence-electron chi connectivity index (χ0n) is 8.35. The smallest absolute Gasteiger partial charge is 0.113 e. The molecule has 1 aromatic rings. The molecule has 0 atom stereocenters. The SMILES string of the molecule is [B]c1ccc(N2C=CN(C)CC2)cc1. The molecule has 0 spiro atoms. The Labute approximate surface area is 86.2 Å². The van der Waals surface area contributed by atoms with Crippen molar-refractivity contribution in [3.63, 3.8) is 0 Å². The molecule has 0 N–H and O–H groups in total. The zero-order chi connectivity index (χ0) is 9.97. The Morgan fingerprint density at radius 3 is 2.36 bits per heavy atom. The van der Waals surface area contributed by atoms with Gasteiger partial charge in [-0.15, -0.1) is 0 Å². The Bertz CT molecular complexity index is 332. The van der Waals surface area contributed by atoms with Crippen LogP contribution in [0.2, 0.25) is 0 Å². The molecule has 0 unspecified atom stereocenters. The molecule has 14 heavy (non-hydrogen) atoms. The maximum atomic E-state index is 5.63. The van der Waals surface area contributed by atoms with Gasteiger partial charge in [-0.3, -0.25) is 0 Å². The predicted molar refractivity (Wildman–Crippen MR) is 60.9 cm³/mol. The van der Waals surface area contributed by atoms with Gasteiger partial charge in [0.2, 0.25) is 0 Å². The van der Waals surface area contributed by atoms with Gasteiger partial charge >= 0.3 is 0 Å². The van der Waals surface area contributed by atoms with Crippen LogP contribution in [0.5, 0.6) is 0 Å². The average molecular weight is 184 g/mol. The topological polar surface area (TPSA) is 6.48 Å². The molecule has 1 aliphatic rings. The molecule has 2 rings (SSSR count). The summed E-state index contributed by atoms with van der Waals surface area (Å²) in [6, 6.07) is 7.96. The number of benzene rings is 1. The van der Waals surface area contributed by atoms with Crippen molar-refractivity contribution in [3.8, 4) is 0 Å². The summed E-state index contributed by atoms with van der Waals surface area (Å²) in [5, 5.41) is 0. The third-order valence-corrected chi connectivity index (χ3v) is 2.42. The van der Waals surface area contributed by atoms with Crippen LogP contribution < -0.4 is 10.4 Å². The van der Waals surface area contributed by atoms with E-state index in [0.717, 1.165) is 18.6 Å². The average Bonchev–Trinajstić information content (AvgIpc) is 2.21. The molecule has 0 saturated heterocycles. The first kappa shape index (κ1) is 9.19. The molecule has 1 aliphatic heterocycles. The molecule has 2 nitrogen and oxygen atoms in total. The second kappa shape index (κ2) is 3.78. The van der Waals surface area contributed by atoms with Crippen LogP contribution in [0.3, 0.4) is 0 Å². The number of anilines is 1. The van der Waals surface area contributed by atoms with Gasteiger partial charge in [0.1, 0.15) is 7.85 Å². The molecule has 0 aromatic heterocycles. The monoisotopic (exact) mass is 184 g/mol. The molecule has 70 valence electrons. The van der Waals surface area contributed by atoms with Crippen LogP contribution in [-0.4, -0.2) is 32.9 Å². The van der Waals surface area contributed by atoms with Crippen LogP contribution >= 0.6 is 0 Å². The summed E-state index contributed by atoms with van der Waals surface area (Å²) in [6.07, 6.45) is 4.18. The Morgan fingerprint density at radius 2 is 1.79 bits per heavy atom. The number of nitrogens with zero attached hydrogens (tertiary/aromatic N) is 2. The van der Waals surface area contributed by atoms with Gasteiger partial charge in [0.05, 0.1) is 0 Å². The summed E-state index contributed by atoms with van der Waals surface area (Å²) < 4.78 is 0. The summed E-state index contributed by atoms with van der Waals surface area (Å²) in [7, 11) is 7.71. The Morgan fingerprint density at radius 1 is 1.07 bits per heavy atom. The highest BCUT2D eigenvalue weighted by Gasteiger charge is 2.07. The molecule has 0 bridgehead atoms. The molecule has 1 aromatic carbocycles. The van der Waals surface area contributed by atoms with Crippen LogP contribution in [0, 0.1) is 0 Å². The Balaban J connectivity index is 2.16. The van der Waals surface area contributed by atoms with Gasteiger partial charge < -0.3 is 9.80 Å². The van der Waals surface area contributed by atoms with E-state index in [1.165, 1.54) is 5.69 Å². The van der Waals surface area contributed by atoms with E-state index < -0.39 is 0 Å².